The fourth-order valence-corrected chi connectivity index (χ4v) is 3.61. The lowest BCUT2D eigenvalue weighted by Crippen LogP contribution is -2.30. The van der Waals surface area contributed by atoms with Crippen molar-refractivity contribution in [2.24, 2.45) is 0 Å². The van der Waals surface area contributed by atoms with Crippen LogP contribution in [0, 0.1) is 6.92 Å². The molecule has 0 spiro atoms. The summed E-state index contributed by atoms with van der Waals surface area (Å²) >= 11 is 1.48. The van der Waals surface area contributed by atoms with Gasteiger partial charge in [0.15, 0.2) is 5.69 Å². The monoisotopic (exact) mass is 288 g/mol. The van der Waals surface area contributed by atoms with E-state index < -0.39 is 5.97 Å². The van der Waals surface area contributed by atoms with Crippen LogP contribution < -0.4 is 0 Å². The largest absolute Gasteiger partial charge is 0.476 e. The molecular weight excluding hydrogens is 272 g/mol. The molecule has 0 bridgehead atoms. The molecule has 0 radical (unpaired) electrons. The fraction of sp³-hybridized carbons (Fsp3) is 0.333. The zero-order valence-corrected chi connectivity index (χ0v) is 12.1. The van der Waals surface area contributed by atoms with Crippen molar-refractivity contribution < 1.29 is 9.90 Å². The Morgan fingerprint density at radius 1 is 1.40 bits per heavy atom. The van der Waals surface area contributed by atoms with Crippen LogP contribution in [0.3, 0.4) is 0 Å². The predicted octanol–water partition coefficient (Wildman–Crippen LogP) is 2.71. The van der Waals surface area contributed by atoms with Gasteiger partial charge in [-0.15, -0.1) is 11.3 Å². The molecule has 0 fully saturated rings. The zero-order chi connectivity index (χ0) is 14.1. The summed E-state index contributed by atoms with van der Waals surface area (Å²) in [7, 11) is 0. The molecule has 1 aromatic heterocycles. The summed E-state index contributed by atoms with van der Waals surface area (Å²) in [6.45, 7) is 4.37. The molecule has 1 aliphatic heterocycles. The quantitative estimate of drug-likeness (QED) is 0.943. The van der Waals surface area contributed by atoms with Crippen molar-refractivity contribution in [2.45, 2.75) is 26.4 Å². The Labute approximate surface area is 121 Å². The maximum absolute atomic E-state index is 11.2. The number of nitrogens with zero attached hydrogens (tertiary/aromatic N) is 2. The first-order chi connectivity index (χ1) is 9.63. The average molecular weight is 288 g/mol. The van der Waals surface area contributed by atoms with Gasteiger partial charge in [0, 0.05) is 19.6 Å². The van der Waals surface area contributed by atoms with Crippen molar-refractivity contribution in [2.75, 3.05) is 6.54 Å². The summed E-state index contributed by atoms with van der Waals surface area (Å²) in [5.41, 5.74) is 2.96. The Morgan fingerprint density at radius 2 is 2.15 bits per heavy atom. The lowest BCUT2D eigenvalue weighted by Gasteiger charge is -2.28. The van der Waals surface area contributed by atoms with Crippen molar-refractivity contribution >= 4 is 17.3 Å². The van der Waals surface area contributed by atoms with Crippen LogP contribution in [0.15, 0.2) is 24.3 Å². The molecule has 20 heavy (non-hydrogen) atoms. The topological polar surface area (TPSA) is 53.4 Å². The first-order valence-electron chi connectivity index (χ1n) is 6.62. The number of carboxylic acid groups (broad SMARTS) is 1. The molecule has 104 valence electrons. The van der Waals surface area contributed by atoms with Crippen molar-refractivity contribution in [1.29, 1.82) is 0 Å². The summed E-state index contributed by atoms with van der Waals surface area (Å²) in [5, 5.41) is 10.0. The van der Waals surface area contributed by atoms with E-state index in [1.165, 1.54) is 22.5 Å². The van der Waals surface area contributed by atoms with Gasteiger partial charge in [0.1, 0.15) is 0 Å². The number of carboxylic acids is 1. The van der Waals surface area contributed by atoms with Gasteiger partial charge in [-0.1, -0.05) is 24.3 Å². The van der Waals surface area contributed by atoms with Gasteiger partial charge in [-0.2, -0.15) is 0 Å². The SMILES string of the molecule is Cc1nc(C(=O)O)c(CN2CCc3ccccc3C2)s1. The standard InChI is InChI=1S/C15H16N2O2S/c1-10-16-14(15(18)19)13(20-10)9-17-7-6-11-4-2-3-5-12(11)8-17/h2-5H,6-9H2,1H3,(H,18,19). The fourth-order valence-electron chi connectivity index (χ4n) is 2.64. The maximum atomic E-state index is 11.2. The number of aromatic carboxylic acids is 1. The molecule has 1 aromatic carbocycles. The van der Waals surface area contributed by atoms with Gasteiger partial charge in [-0.25, -0.2) is 9.78 Å². The molecule has 3 rings (SSSR count). The van der Waals surface area contributed by atoms with E-state index in [0.717, 1.165) is 29.4 Å². The Bertz CT molecular complexity index is 651. The molecule has 0 saturated carbocycles. The van der Waals surface area contributed by atoms with Crippen molar-refractivity contribution in [3.05, 3.63) is 51.0 Å². The van der Waals surface area contributed by atoms with Crippen molar-refractivity contribution in [1.82, 2.24) is 9.88 Å². The number of rotatable bonds is 3. The first kappa shape index (κ1) is 13.3. The second-order valence-electron chi connectivity index (χ2n) is 5.04. The van der Waals surface area contributed by atoms with E-state index in [1.807, 2.05) is 6.92 Å². The van der Waals surface area contributed by atoms with E-state index >= 15 is 0 Å². The number of aromatic nitrogens is 1. The highest BCUT2D eigenvalue weighted by molar-refractivity contribution is 7.11. The molecular formula is C15H16N2O2S. The molecule has 5 heteroatoms. The van der Waals surface area contributed by atoms with E-state index in [-0.39, 0.29) is 5.69 Å². The van der Waals surface area contributed by atoms with Crippen molar-refractivity contribution in [3.63, 3.8) is 0 Å². The number of hydrogen-bond donors (Lipinski definition) is 1. The van der Waals surface area contributed by atoms with E-state index in [4.69, 9.17) is 0 Å². The van der Waals surface area contributed by atoms with Gasteiger partial charge < -0.3 is 5.11 Å². The average Bonchev–Trinajstić information content (AvgIpc) is 2.80. The van der Waals surface area contributed by atoms with Gasteiger partial charge in [-0.05, 0) is 24.5 Å². The minimum atomic E-state index is -0.929. The minimum Gasteiger partial charge on any atom is -0.476 e. The lowest BCUT2D eigenvalue weighted by molar-refractivity contribution is 0.0688. The molecule has 0 atom stereocenters. The number of hydrogen-bond acceptors (Lipinski definition) is 4. The second-order valence-corrected chi connectivity index (χ2v) is 6.33. The predicted molar refractivity (Wildman–Crippen MR) is 78.1 cm³/mol. The molecule has 0 aliphatic carbocycles. The molecule has 0 unspecified atom stereocenters. The summed E-state index contributed by atoms with van der Waals surface area (Å²) in [6, 6.07) is 8.45. The Balaban J connectivity index is 1.78. The van der Waals surface area contributed by atoms with Crippen LogP contribution in [0.5, 0.6) is 0 Å². The lowest BCUT2D eigenvalue weighted by atomic mass is 10.00. The van der Waals surface area contributed by atoms with E-state index in [2.05, 4.69) is 34.1 Å². The smallest absolute Gasteiger partial charge is 0.355 e. The zero-order valence-electron chi connectivity index (χ0n) is 11.3. The highest BCUT2D eigenvalue weighted by atomic mass is 32.1. The molecule has 0 saturated heterocycles. The van der Waals surface area contributed by atoms with Gasteiger partial charge in [0.2, 0.25) is 0 Å². The number of benzene rings is 1. The van der Waals surface area contributed by atoms with Gasteiger partial charge in [-0.3, -0.25) is 4.90 Å². The number of fused-ring (bicyclic) bond motifs is 1. The number of aryl methyl sites for hydroxylation is 1. The Kier molecular flexibility index (Phi) is 3.54. The molecule has 1 N–H and O–H groups in total. The third-order valence-corrected chi connectivity index (χ3v) is 4.54. The second kappa shape index (κ2) is 5.34. The van der Waals surface area contributed by atoms with E-state index in [1.54, 1.807) is 0 Å². The highest BCUT2D eigenvalue weighted by Gasteiger charge is 2.21. The van der Waals surface area contributed by atoms with Crippen LogP contribution in [0.2, 0.25) is 0 Å². The Morgan fingerprint density at radius 3 is 2.90 bits per heavy atom. The maximum Gasteiger partial charge on any atom is 0.355 e. The number of carbonyl (C=O) groups is 1. The third kappa shape index (κ3) is 2.59. The van der Waals surface area contributed by atoms with Crippen molar-refractivity contribution in [3.8, 4) is 0 Å². The molecule has 2 heterocycles. The molecule has 0 amide bonds. The first-order valence-corrected chi connectivity index (χ1v) is 7.44. The van der Waals surface area contributed by atoms with Crippen LogP contribution >= 0.6 is 11.3 Å². The van der Waals surface area contributed by atoms with E-state index in [0.29, 0.717) is 6.54 Å². The Hall–Kier alpha value is -1.72. The number of thiazole rings is 1. The van der Waals surface area contributed by atoms with Gasteiger partial charge >= 0.3 is 5.97 Å². The minimum absolute atomic E-state index is 0.214. The summed E-state index contributed by atoms with van der Waals surface area (Å²) in [4.78, 5) is 18.5. The normalized spacial score (nSPS) is 15.1. The van der Waals surface area contributed by atoms with Gasteiger partial charge in [0.05, 0.1) is 9.88 Å². The molecule has 1 aliphatic rings. The summed E-state index contributed by atoms with van der Waals surface area (Å²) in [6.07, 6.45) is 1.02. The van der Waals surface area contributed by atoms with Crippen LogP contribution in [-0.4, -0.2) is 27.5 Å². The van der Waals surface area contributed by atoms with Gasteiger partial charge in [0.25, 0.3) is 0 Å². The van der Waals surface area contributed by atoms with Crippen LogP contribution in [0.1, 0.15) is 31.5 Å². The summed E-state index contributed by atoms with van der Waals surface area (Å²) in [5.74, 6) is -0.929. The molecule has 2 aromatic rings. The summed E-state index contributed by atoms with van der Waals surface area (Å²) < 4.78 is 0. The van der Waals surface area contributed by atoms with E-state index in [9.17, 15) is 9.90 Å². The highest BCUT2D eigenvalue weighted by Crippen LogP contribution is 2.24. The van der Waals surface area contributed by atoms with Crippen LogP contribution in [0.4, 0.5) is 0 Å². The third-order valence-electron chi connectivity index (χ3n) is 3.58. The van der Waals surface area contributed by atoms with Crippen LogP contribution in [-0.2, 0) is 19.5 Å². The molecule has 4 nitrogen and oxygen atoms in total. The van der Waals surface area contributed by atoms with Crippen LogP contribution in [0.25, 0.3) is 0 Å².